The topological polar surface area (TPSA) is 41.6 Å². The Labute approximate surface area is 122 Å². The van der Waals surface area contributed by atoms with Crippen LogP contribution < -0.4 is 5.32 Å². The van der Waals surface area contributed by atoms with Gasteiger partial charge >= 0.3 is 0 Å². The average Bonchev–Trinajstić information content (AvgIpc) is 2.94. The lowest BCUT2D eigenvalue weighted by Gasteiger charge is -2.48. The largest absolute Gasteiger partial charge is 0.379 e. The van der Waals surface area contributed by atoms with Crippen molar-refractivity contribution in [3.63, 3.8) is 0 Å². The van der Waals surface area contributed by atoms with Crippen molar-refractivity contribution in [1.29, 1.82) is 0 Å². The predicted molar refractivity (Wildman–Crippen MR) is 78.4 cm³/mol. The van der Waals surface area contributed by atoms with E-state index in [-0.39, 0.29) is 16.9 Å². The Balaban J connectivity index is 1.63. The summed E-state index contributed by atoms with van der Waals surface area (Å²) in [6.45, 7) is 10.7. The van der Waals surface area contributed by atoms with Crippen LogP contribution in [0.1, 0.15) is 40.0 Å². The van der Waals surface area contributed by atoms with Crippen LogP contribution in [0.5, 0.6) is 0 Å². The SMILES string of the molecule is CC1(C)[C@H]2CC[C@H](C2)[C@@]1(C)NC(=O)CN1CCOCC1. The molecule has 3 fully saturated rings. The van der Waals surface area contributed by atoms with E-state index in [4.69, 9.17) is 4.74 Å². The van der Waals surface area contributed by atoms with E-state index in [1.165, 1.54) is 19.3 Å². The smallest absolute Gasteiger partial charge is 0.234 e. The molecule has 2 aliphatic carbocycles. The Hall–Kier alpha value is -0.610. The number of carbonyl (C=O) groups is 1. The zero-order valence-electron chi connectivity index (χ0n) is 13.1. The molecule has 2 saturated carbocycles. The van der Waals surface area contributed by atoms with Gasteiger partial charge in [0.2, 0.25) is 5.91 Å². The highest BCUT2D eigenvalue weighted by molar-refractivity contribution is 5.79. The number of ether oxygens (including phenoxy) is 1. The van der Waals surface area contributed by atoms with E-state index in [0.29, 0.717) is 12.5 Å². The Morgan fingerprint density at radius 3 is 2.45 bits per heavy atom. The van der Waals surface area contributed by atoms with E-state index in [1.807, 2.05) is 0 Å². The summed E-state index contributed by atoms with van der Waals surface area (Å²) in [4.78, 5) is 14.6. The summed E-state index contributed by atoms with van der Waals surface area (Å²) in [7, 11) is 0. The molecule has 1 N–H and O–H groups in total. The third-order valence-corrected chi connectivity index (χ3v) is 6.48. The minimum Gasteiger partial charge on any atom is -0.379 e. The molecule has 1 saturated heterocycles. The van der Waals surface area contributed by atoms with Crippen LogP contribution in [-0.4, -0.2) is 49.2 Å². The van der Waals surface area contributed by atoms with E-state index in [9.17, 15) is 4.79 Å². The molecule has 0 radical (unpaired) electrons. The van der Waals surface area contributed by atoms with E-state index in [2.05, 4.69) is 31.0 Å². The van der Waals surface area contributed by atoms with Gasteiger partial charge in [0.25, 0.3) is 0 Å². The summed E-state index contributed by atoms with van der Waals surface area (Å²) in [5, 5.41) is 3.40. The zero-order valence-corrected chi connectivity index (χ0v) is 13.1. The van der Waals surface area contributed by atoms with Crippen molar-refractivity contribution in [2.24, 2.45) is 17.3 Å². The predicted octanol–water partition coefficient (Wildman–Crippen LogP) is 1.65. The van der Waals surface area contributed by atoms with Gasteiger partial charge in [0.05, 0.1) is 19.8 Å². The van der Waals surface area contributed by atoms with Gasteiger partial charge in [0, 0.05) is 18.6 Å². The lowest BCUT2D eigenvalue weighted by Crippen LogP contribution is -2.60. The second kappa shape index (κ2) is 4.99. The first-order valence-corrected chi connectivity index (χ1v) is 8.04. The van der Waals surface area contributed by atoms with Gasteiger partial charge in [-0.05, 0) is 43.4 Å². The van der Waals surface area contributed by atoms with Crippen LogP contribution in [-0.2, 0) is 9.53 Å². The molecule has 20 heavy (non-hydrogen) atoms. The van der Waals surface area contributed by atoms with Crippen molar-refractivity contribution in [2.45, 2.75) is 45.6 Å². The summed E-state index contributed by atoms with van der Waals surface area (Å²) in [5.74, 6) is 1.63. The Bertz CT molecular complexity index is 390. The average molecular weight is 280 g/mol. The van der Waals surface area contributed by atoms with Gasteiger partial charge in [-0.25, -0.2) is 0 Å². The minimum atomic E-state index is -0.0285. The molecule has 2 bridgehead atoms. The molecule has 1 amide bonds. The summed E-state index contributed by atoms with van der Waals surface area (Å²) >= 11 is 0. The maximum atomic E-state index is 12.4. The van der Waals surface area contributed by atoms with E-state index in [0.717, 1.165) is 32.2 Å². The third-order valence-electron chi connectivity index (χ3n) is 6.48. The maximum Gasteiger partial charge on any atom is 0.234 e. The molecule has 4 heteroatoms. The van der Waals surface area contributed by atoms with E-state index < -0.39 is 0 Å². The number of hydrogen-bond donors (Lipinski definition) is 1. The fraction of sp³-hybridized carbons (Fsp3) is 0.938. The molecule has 114 valence electrons. The van der Waals surface area contributed by atoms with Crippen LogP contribution in [0.4, 0.5) is 0 Å². The van der Waals surface area contributed by atoms with Crippen molar-refractivity contribution in [3.05, 3.63) is 0 Å². The molecule has 0 aromatic carbocycles. The first kappa shape index (κ1) is 14.3. The molecule has 0 unspecified atom stereocenters. The van der Waals surface area contributed by atoms with Gasteiger partial charge in [0.15, 0.2) is 0 Å². The highest BCUT2D eigenvalue weighted by Gasteiger charge is 2.60. The van der Waals surface area contributed by atoms with Gasteiger partial charge in [-0.1, -0.05) is 13.8 Å². The van der Waals surface area contributed by atoms with Gasteiger partial charge in [0.1, 0.15) is 0 Å². The molecule has 3 aliphatic rings. The molecule has 1 heterocycles. The number of amides is 1. The minimum absolute atomic E-state index is 0.0285. The molecule has 0 aromatic heterocycles. The Morgan fingerprint density at radius 2 is 1.85 bits per heavy atom. The van der Waals surface area contributed by atoms with Gasteiger partial charge in [-0.3, -0.25) is 9.69 Å². The van der Waals surface area contributed by atoms with Gasteiger partial charge in [-0.15, -0.1) is 0 Å². The zero-order chi connectivity index (χ0) is 14.4. The van der Waals surface area contributed by atoms with Crippen LogP contribution in [0.25, 0.3) is 0 Å². The summed E-state index contributed by atoms with van der Waals surface area (Å²) < 4.78 is 5.33. The van der Waals surface area contributed by atoms with Crippen LogP contribution in [0.3, 0.4) is 0 Å². The van der Waals surface area contributed by atoms with Crippen molar-refractivity contribution in [1.82, 2.24) is 10.2 Å². The number of fused-ring (bicyclic) bond motifs is 2. The van der Waals surface area contributed by atoms with Crippen LogP contribution in [0.2, 0.25) is 0 Å². The number of nitrogens with one attached hydrogen (secondary N) is 1. The van der Waals surface area contributed by atoms with Crippen molar-refractivity contribution in [3.8, 4) is 0 Å². The summed E-state index contributed by atoms with van der Waals surface area (Å²) in [5.41, 5.74) is 0.190. The number of morpholine rings is 1. The van der Waals surface area contributed by atoms with Crippen molar-refractivity contribution < 1.29 is 9.53 Å². The normalized spacial score (nSPS) is 40.0. The second-order valence-corrected chi connectivity index (χ2v) is 7.57. The highest BCUT2D eigenvalue weighted by atomic mass is 16.5. The quantitative estimate of drug-likeness (QED) is 0.854. The third kappa shape index (κ3) is 2.17. The standard InChI is InChI=1S/C16H28N2O2/c1-15(2)12-4-5-13(10-12)16(15,3)17-14(19)11-18-6-8-20-9-7-18/h12-13H,4-11H2,1-3H3,(H,17,19)/t12-,13+,16+/m0/s1. The molecule has 0 aromatic rings. The molecule has 3 atom stereocenters. The fourth-order valence-corrected chi connectivity index (χ4v) is 4.67. The fourth-order valence-electron chi connectivity index (χ4n) is 4.67. The lowest BCUT2D eigenvalue weighted by atomic mass is 9.64. The summed E-state index contributed by atoms with van der Waals surface area (Å²) in [6.07, 6.45) is 3.91. The molecule has 3 rings (SSSR count). The highest BCUT2D eigenvalue weighted by Crippen LogP contribution is 2.61. The first-order valence-electron chi connectivity index (χ1n) is 8.04. The molecular formula is C16H28N2O2. The van der Waals surface area contributed by atoms with Crippen LogP contribution in [0, 0.1) is 17.3 Å². The van der Waals surface area contributed by atoms with Crippen LogP contribution in [0.15, 0.2) is 0 Å². The Kier molecular flexibility index (Phi) is 3.57. The maximum absolute atomic E-state index is 12.4. The lowest BCUT2D eigenvalue weighted by molar-refractivity contribution is -0.127. The number of rotatable bonds is 3. The summed E-state index contributed by atoms with van der Waals surface area (Å²) in [6, 6.07) is 0. The molecular weight excluding hydrogens is 252 g/mol. The van der Waals surface area contributed by atoms with E-state index >= 15 is 0 Å². The second-order valence-electron chi connectivity index (χ2n) is 7.57. The molecule has 4 nitrogen and oxygen atoms in total. The molecule has 0 spiro atoms. The van der Waals surface area contributed by atoms with Crippen molar-refractivity contribution >= 4 is 5.91 Å². The van der Waals surface area contributed by atoms with E-state index in [1.54, 1.807) is 0 Å². The first-order chi connectivity index (χ1) is 9.43. The number of nitrogens with zero attached hydrogens (tertiary/aromatic N) is 1. The van der Waals surface area contributed by atoms with Crippen molar-refractivity contribution in [2.75, 3.05) is 32.8 Å². The Morgan fingerprint density at radius 1 is 1.20 bits per heavy atom. The monoisotopic (exact) mass is 280 g/mol. The van der Waals surface area contributed by atoms with Crippen LogP contribution >= 0.6 is 0 Å². The molecule has 1 aliphatic heterocycles. The van der Waals surface area contributed by atoms with Gasteiger partial charge < -0.3 is 10.1 Å². The van der Waals surface area contributed by atoms with Gasteiger partial charge in [-0.2, -0.15) is 0 Å². The number of hydrogen-bond acceptors (Lipinski definition) is 3. The number of carbonyl (C=O) groups excluding carboxylic acids is 1.